The molecule has 2 aromatic carbocycles. The zero-order valence-electron chi connectivity index (χ0n) is 14.6. The van der Waals surface area contributed by atoms with Crippen LogP contribution < -0.4 is 15.2 Å². The summed E-state index contributed by atoms with van der Waals surface area (Å²) in [7, 11) is 0. The number of hydrogen-bond donors (Lipinski definition) is 2. The lowest BCUT2D eigenvalue weighted by molar-refractivity contribution is -0.139. The Bertz CT molecular complexity index is 1000. The van der Waals surface area contributed by atoms with Crippen LogP contribution in [0, 0.1) is 0 Å². The lowest BCUT2D eigenvalue weighted by Crippen LogP contribution is -2.35. The average molecular weight is 406 g/mol. The van der Waals surface area contributed by atoms with Crippen molar-refractivity contribution in [3.05, 3.63) is 65.2 Å². The van der Waals surface area contributed by atoms with Crippen LogP contribution in [0.1, 0.15) is 11.1 Å². The van der Waals surface area contributed by atoms with Gasteiger partial charge in [0, 0.05) is 0 Å². The lowest BCUT2D eigenvalue weighted by Gasteiger charge is -2.16. The van der Waals surface area contributed by atoms with Gasteiger partial charge in [0.05, 0.1) is 11.3 Å². The molecule has 2 aromatic rings. The van der Waals surface area contributed by atoms with E-state index in [4.69, 9.17) is 9.84 Å². The van der Waals surface area contributed by atoms with E-state index in [0.29, 0.717) is 5.56 Å². The van der Waals surface area contributed by atoms with E-state index in [1.807, 2.05) is 0 Å². The van der Waals surface area contributed by atoms with Crippen molar-refractivity contribution in [2.24, 2.45) is 0 Å². The third-order valence-corrected chi connectivity index (χ3v) is 3.88. The summed E-state index contributed by atoms with van der Waals surface area (Å²) < 4.78 is 43.6. The standard InChI is InChI=1S/C19H13F3N2O5/c20-19(21,22)12-2-1-3-13(9-12)24-18(28)15(17(27)23-24)8-11-4-6-14(7-5-11)29-10-16(25)26/h1-9H,10H2,(H,23,27)(H,25,26)/b15-8-. The zero-order chi connectivity index (χ0) is 21.2. The third kappa shape index (κ3) is 4.54. The summed E-state index contributed by atoms with van der Waals surface area (Å²) in [5.74, 6) is -2.43. The number of rotatable bonds is 5. The fourth-order valence-electron chi connectivity index (χ4n) is 2.53. The number of aliphatic carboxylic acids is 1. The first kappa shape index (κ1) is 19.9. The Kier molecular flexibility index (Phi) is 5.26. The van der Waals surface area contributed by atoms with Crippen molar-refractivity contribution in [1.82, 2.24) is 5.43 Å². The van der Waals surface area contributed by atoms with E-state index in [1.165, 1.54) is 36.4 Å². The minimum Gasteiger partial charge on any atom is -0.482 e. The summed E-state index contributed by atoms with van der Waals surface area (Å²) in [5, 5.41) is 9.32. The topological polar surface area (TPSA) is 95.9 Å². The van der Waals surface area contributed by atoms with E-state index in [-0.39, 0.29) is 17.0 Å². The van der Waals surface area contributed by atoms with Gasteiger partial charge in [-0.25, -0.2) is 9.80 Å². The number of alkyl halides is 3. The van der Waals surface area contributed by atoms with E-state index in [1.54, 1.807) is 0 Å². The number of hydrogen-bond acceptors (Lipinski definition) is 4. The van der Waals surface area contributed by atoms with Crippen molar-refractivity contribution >= 4 is 29.5 Å². The highest BCUT2D eigenvalue weighted by Crippen LogP contribution is 2.32. The number of nitrogens with zero attached hydrogens (tertiary/aromatic N) is 1. The minimum absolute atomic E-state index is 0.126. The molecule has 2 amide bonds. The average Bonchev–Trinajstić information content (AvgIpc) is 2.95. The highest BCUT2D eigenvalue weighted by atomic mass is 19.4. The highest BCUT2D eigenvalue weighted by Gasteiger charge is 2.36. The van der Waals surface area contributed by atoms with Gasteiger partial charge in [0.25, 0.3) is 11.8 Å². The van der Waals surface area contributed by atoms with Gasteiger partial charge in [0.15, 0.2) is 6.61 Å². The first-order valence-corrected chi connectivity index (χ1v) is 8.14. The van der Waals surface area contributed by atoms with Crippen LogP contribution in [0.3, 0.4) is 0 Å². The second-order valence-electron chi connectivity index (χ2n) is 5.94. The van der Waals surface area contributed by atoms with Gasteiger partial charge in [-0.3, -0.25) is 15.0 Å². The Morgan fingerprint density at radius 2 is 1.83 bits per heavy atom. The maximum atomic E-state index is 12.9. The molecule has 0 radical (unpaired) electrons. The predicted octanol–water partition coefficient (Wildman–Crippen LogP) is 2.63. The number of carboxylic acids is 1. The highest BCUT2D eigenvalue weighted by molar-refractivity contribution is 6.31. The van der Waals surface area contributed by atoms with Crippen LogP contribution in [0.4, 0.5) is 18.9 Å². The minimum atomic E-state index is -4.59. The number of ether oxygens (including phenoxy) is 1. The second-order valence-corrected chi connectivity index (χ2v) is 5.94. The molecule has 1 heterocycles. The molecule has 2 N–H and O–H groups in total. The number of hydrazine groups is 1. The molecule has 1 saturated heterocycles. The van der Waals surface area contributed by atoms with Crippen LogP contribution in [0.25, 0.3) is 6.08 Å². The van der Waals surface area contributed by atoms with Gasteiger partial charge in [-0.15, -0.1) is 0 Å². The Morgan fingerprint density at radius 1 is 1.14 bits per heavy atom. The first-order chi connectivity index (χ1) is 13.6. The van der Waals surface area contributed by atoms with Crippen LogP contribution in [-0.2, 0) is 20.6 Å². The molecule has 0 unspecified atom stereocenters. The van der Waals surface area contributed by atoms with E-state index in [0.717, 1.165) is 23.2 Å². The predicted molar refractivity (Wildman–Crippen MR) is 94.6 cm³/mol. The fourth-order valence-corrected chi connectivity index (χ4v) is 2.53. The van der Waals surface area contributed by atoms with Crippen molar-refractivity contribution < 1.29 is 37.4 Å². The van der Waals surface area contributed by atoms with E-state index in [2.05, 4.69) is 5.43 Å². The molecule has 29 heavy (non-hydrogen) atoms. The quantitative estimate of drug-likeness (QED) is 0.588. The SMILES string of the molecule is O=C(O)COc1ccc(/C=C2/C(=O)NN(c3cccc(C(F)(F)F)c3)C2=O)cc1. The van der Waals surface area contributed by atoms with Gasteiger partial charge in [-0.2, -0.15) is 13.2 Å². The number of carbonyl (C=O) groups is 3. The van der Waals surface area contributed by atoms with E-state index >= 15 is 0 Å². The Labute approximate surface area is 162 Å². The molecule has 10 heteroatoms. The van der Waals surface area contributed by atoms with Crippen molar-refractivity contribution in [2.75, 3.05) is 11.6 Å². The number of amides is 2. The zero-order valence-corrected chi connectivity index (χ0v) is 14.6. The number of halogens is 3. The van der Waals surface area contributed by atoms with Crippen molar-refractivity contribution in [2.45, 2.75) is 6.18 Å². The number of benzene rings is 2. The molecule has 1 aliphatic rings. The Morgan fingerprint density at radius 3 is 2.45 bits per heavy atom. The Balaban J connectivity index is 1.81. The summed E-state index contributed by atoms with van der Waals surface area (Å²) in [6.07, 6.45) is -3.32. The summed E-state index contributed by atoms with van der Waals surface area (Å²) in [4.78, 5) is 35.2. The van der Waals surface area contributed by atoms with Gasteiger partial charge in [0.1, 0.15) is 11.3 Å². The summed E-state index contributed by atoms with van der Waals surface area (Å²) in [6.45, 7) is -0.521. The maximum Gasteiger partial charge on any atom is 0.416 e. The van der Waals surface area contributed by atoms with Crippen LogP contribution in [0.2, 0.25) is 0 Å². The monoisotopic (exact) mass is 406 g/mol. The molecule has 0 saturated carbocycles. The van der Waals surface area contributed by atoms with Crippen LogP contribution in [0.5, 0.6) is 5.75 Å². The van der Waals surface area contributed by atoms with Crippen LogP contribution in [-0.4, -0.2) is 29.5 Å². The molecule has 150 valence electrons. The summed E-state index contributed by atoms with van der Waals surface area (Å²) in [5.41, 5.74) is 1.33. The molecule has 0 atom stereocenters. The molecule has 7 nitrogen and oxygen atoms in total. The summed E-state index contributed by atoms with van der Waals surface area (Å²) in [6, 6.07) is 9.93. The number of carboxylic acid groups (broad SMARTS) is 1. The molecule has 0 spiro atoms. The van der Waals surface area contributed by atoms with Gasteiger partial charge >= 0.3 is 12.1 Å². The van der Waals surface area contributed by atoms with E-state index in [9.17, 15) is 27.6 Å². The molecular weight excluding hydrogens is 393 g/mol. The van der Waals surface area contributed by atoms with Gasteiger partial charge in [-0.05, 0) is 42.0 Å². The third-order valence-electron chi connectivity index (χ3n) is 3.88. The normalized spacial score (nSPS) is 15.6. The molecule has 0 aliphatic carbocycles. The summed E-state index contributed by atoms with van der Waals surface area (Å²) >= 11 is 0. The van der Waals surface area contributed by atoms with Crippen molar-refractivity contribution in [3.8, 4) is 5.75 Å². The van der Waals surface area contributed by atoms with Crippen molar-refractivity contribution in [1.29, 1.82) is 0 Å². The first-order valence-electron chi connectivity index (χ1n) is 8.14. The van der Waals surface area contributed by atoms with Gasteiger partial charge in [-0.1, -0.05) is 18.2 Å². The molecule has 3 rings (SSSR count). The second kappa shape index (κ2) is 7.66. The number of nitrogens with one attached hydrogen (secondary N) is 1. The van der Waals surface area contributed by atoms with Crippen LogP contribution in [0.15, 0.2) is 54.1 Å². The lowest BCUT2D eigenvalue weighted by atomic mass is 10.1. The smallest absolute Gasteiger partial charge is 0.416 e. The molecular formula is C19H13F3N2O5. The number of anilines is 1. The largest absolute Gasteiger partial charge is 0.482 e. The Hall–Kier alpha value is -3.82. The van der Waals surface area contributed by atoms with Gasteiger partial charge in [0.2, 0.25) is 0 Å². The molecule has 1 aliphatic heterocycles. The van der Waals surface area contributed by atoms with Crippen molar-refractivity contribution in [3.63, 3.8) is 0 Å². The van der Waals surface area contributed by atoms with Gasteiger partial charge < -0.3 is 9.84 Å². The molecule has 0 aromatic heterocycles. The maximum absolute atomic E-state index is 12.9. The van der Waals surface area contributed by atoms with Crippen LogP contribution >= 0.6 is 0 Å². The number of carbonyl (C=O) groups excluding carboxylic acids is 2. The molecule has 0 bridgehead atoms. The van der Waals surface area contributed by atoms with E-state index < -0.39 is 36.1 Å². The fraction of sp³-hybridized carbons (Fsp3) is 0.105. The molecule has 1 fully saturated rings.